The molecule has 0 aliphatic carbocycles. The van der Waals surface area contributed by atoms with Gasteiger partial charge in [0.25, 0.3) is 0 Å². The maximum absolute atomic E-state index is 13.0. The lowest BCUT2D eigenvalue weighted by Crippen LogP contribution is -2.39. The van der Waals surface area contributed by atoms with E-state index in [9.17, 15) is 8.42 Å². The number of benzene rings is 2. The molecule has 0 N–H and O–H groups in total. The summed E-state index contributed by atoms with van der Waals surface area (Å²) in [6, 6.07) is 11.9. The zero-order valence-electron chi connectivity index (χ0n) is 16.2. The van der Waals surface area contributed by atoms with E-state index in [-0.39, 0.29) is 0 Å². The first-order chi connectivity index (χ1) is 14.4. The van der Waals surface area contributed by atoms with Crippen molar-refractivity contribution in [1.82, 2.24) is 4.98 Å². The molecule has 2 heterocycles. The molecule has 0 bridgehead atoms. The van der Waals surface area contributed by atoms with Crippen LogP contribution in [0.5, 0.6) is 5.75 Å². The van der Waals surface area contributed by atoms with E-state index < -0.39 is 15.1 Å². The molecule has 3 aromatic rings. The fourth-order valence-corrected chi connectivity index (χ4v) is 6.71. The van der Waals surface area contributed by atoms with Gasteiger partial charge in [-0.3, -0.25) is 0 Å². The highest BCUT2D eigenvalue weighted by Crippen LogP contribution is 2.33. The fourth-order valence-electron chi connectivity index (χ4n) is 3.56. The number of sulfone groups is 1. The second-order valence-electron chi connectivity index (χ2n) is 7.08. The minimum atomic E-state index is -3.37. The predicted molar refractivity (Wildman–Crippen MR) is 123 cm³/mol. The molecule has 1 aliphatic heterocycles. The monoisotopic (exact) mass is 482 g/mol. The second-order valence-corrected chi connectivity index (χ2v) is 11.0. The Hall–Kier alpha value is -1.80. The van der Waals surface area contributed by atoms with Crippen LogP contribution < -0.4 is 9.64 Å². The van der Waals surface area contributed by atoms with E-state index >= 15 is 0 Å². The maximum Gasteiger partial charge on any atom is 0.185 e. The third kappa shape index (κ3) is 4.44. The first kappa shape index (κ1) is 21.4. The van der Waals surface area contributed by atoms with Crippen molar-refractivity contribution in [2.75, 3.05) is 25.1 Å². The molecule has 0 unspecified atom stereocenters. The summed E-state index contributed by atoms with van der Waals surface area (Å²) in [5, 5.41) is 3.58. The molecule has 30 heavy (non-hydrogen) atoms. The third-order valence-electron chi connectivity index (χ3n) is 5.19. The molecule has 9 heteroatoms. The quantitative estimate of drug-likeness (QED) is 0.475. The highest BCUT2D eigenvalue weighted by molar-refractivity contribution is 7.92. The Morgan fingerprint density at radius 1 is 1.07 bits per heavy atom. The number of ether oxygens (including phenoxy) is 1. The molecule has 0 spiro atoms. The number of aromatic nitrogens is 1. The molecule has 1 aromatic heterocycles. The Balaban J connectivity index is 1.45. The first-order valence-electron chi connectivity index (χ1n) is 9.42. The molecule has 1 aliphatic rings. The molecule has 158 valence electrons. The van der Waals surface area contributed by atoms with Crippen LogP contribution in [0.1, 0.15) is 12.8 Å². The number of thiazole rings is 1. The largest absolute Gasteiger partial charge is 0.497 e. The van der Waals surface area contributed by atoms with Crippen molar-refractivity contribution in [3.8, 4) is 17.0 Å². The van der Waals surface area contributed by atoms with Crippen LogP contribution >= 0.6 is 34.5 Å². The molecule has 0 saturated carbocycles. The highest BCUT2D eigenvalue weighted by atomic mass is 35.5. The number of rotatable bonds is 5. The van der Waals surface area contributed by atoms with E-state index in [1.165, 1.54) is 11.3 Å². The zero-order valence-corrected chi connectivity index (χ0v) is 19.4. The molecular weight excluding hydrogens is 463 g/mol. The third-order valence-corrected chi connectivity index (χ3v) is 8.81. The van der Waals surface area contributed by atoms with Crippen molar-refractivity contribution in [2.24, 2.45) is 0 Å². The van der Waals surface area contributed by atoms with Crippen molar-refractivity contribution >= 4 is 49.5 Å². The summed E-state index contributed by atoms with van der Waals surface area (Å²) in [6.45, 7) is 1.28. The summed E-state index contributed by atoms with van der Waals surface area (Å²) >= 11 is 13.7. The van der Waals surface area contributed by atoms with Gasteiger partial charge in [0.1, 0.15) is 5.75 Å². The van der Waals surface area contributed by atoms with Gasteiger partial charge in [-0.05, 0) is 55.3 Å². The van der Waals surface area contributed by atoms with E-state index in [0.29, 0.717) is 46.6 Å². The van der Waals surface area contributed by atoms with Crippen LogP contribution in [0.25, 0.3) is 11.3 Å². The van der Waals surface area contributed by atoms with E-state index in [4.69, 9.17) is 32.9 Å². The van der Waals surface area contributed by atoms with Gasteiger partial charge in [0.2, 0.25) is 0 Å². The summed E-state index contributed by atoms with van der Waals surface area (Å²) in [5.74, 6) is 0.643. The zero-order chi connectivity index (χ0) is 21.3. The van der Waals surface area contributed by atoms with E-state index in [1.807, 2.05) is 17.5 Å². The van der Waals surface area contributed by atoms with Crippen molar-refractivity contribution < 1.29 is 13.2 Å². The Labute approximate surface area is 190 Å². The molecule has 1 fully saturated rings. The van der Waals surface area contributed by atoms with Crippen LogP contribution in [0.2, 0.25) is 10.0 Å². The van der Waals surface area contributed by atoms with Gasteiger partial charge >= 0.3 is 0 Å². The van der Waals surface area contributed by atoms with Gasteiger partial charge in [-0.1, -0.05) is 23.2 Å². The molecule has 0 amide bonds. The Kier molecular flexibility index (Phi) is 6.25. The van der Waals surface area contributed by atoms with Crippen LogP contribution in [-0.2, 0) is 9.84 Å². The number of anilines is 1. The Morgan fingerprint density at radius 3 is 2.30 bits per heavy atom. The Morgan fingerprint density at radius 2 is 1.70 bits per heavy atom. The minimum absolute atomic E-state index is 0.344. The van der Waals surface area contributed by atoms with Crippen molar-refractivity contribution in [2.45, 2.75) is 23.0 Å². The molecule has 0 radical (unpaired) electrons. The van der Waals surface area contributed by atoms with Crippen LogP contribution in [-0.4, -0.2) is 38.9 Å². The first-order valence-corrected chi connectivity index (χ1v) is 12.6. The van der Waals surface area contributed by atoms with Crippen molar-refractivity contribution in [3.63, 3.8) is 0 Å². The molecule has 2 aromatic carbocycles. The molecule has 1 saturated heterocycles. The summed E-state index contributed by atoms with van der Waals surface area (Å²) in [7, 11) is -1.81. The smallest absolute Gasteiger partial charge is 0.185 e. The highest BCUT2D eigenvalue weighted by Gasteiger charge is 2.32. The Bertz CT molecular complexity index is 1120. The van der Waals surface area contributed by atoms with Gasteiger partial charge in [-0.25, -0.2) is 13.4 Å². The number of hydrogen-bond donors (Lipinski definition) is 0. The van der Waals surface area contributed by atoms with E-state index in [0.717, 1.165) is 16.4 Å². The van der Waals surface area contributed by atoms with Gasteiger partial charge in [0.05, 0.1) is 22.9 Å². The molecule has 0 atom stereocenters. The number of halogens is 2. The standard InChI is InChI=1S/C21H20Cl2N2O3S2/c1-28-17-2-4-18(5-3-17)30(26,27)19-6-8-25(9-7-19)21-24-20(13-29-21)14-10-15(22)12-16(23)11-14/h2-5,10-13,19H,6-9H2,1H3. The van der Waals surface area contributed by atoms with Crippen LogP contribution in [0, 0.1) is 0 Å². The molecule has 5 nitrogen and oxygen atoms in total. The maximum atomic E-state index is 13.0. The lowest BCUT2D eigenvalue weighted by Gasteiger charge is -2.31. The SMILES string of the molecule is COc1ccc(S(=O)(=O)C2CCN(c3nc(-c4cc(Cl)cc(Cl)c4)cs3)CC2)cc1. The number of methoxy groups -OCH3 is 1. The summed E-state index contributed by atoms with van der Waals surface area (Å²) < 4.78 is 31.1. The predicted octanol–water partition coefficient (Wildman–Crippen LogP) is 5.57. The summed E-state index contributed by atoms with van der Waals surface area (Å²) in [5.41, 5.74) is 1.68. The van der Waals surface area contributed by atoms with Crippen molar-refractivity contribution in [3.05, 3.63) is 57.9 Å². The molecule has 4 rings (SSSR count). The summed E-state index contributed by atoms with van der Waals surface area (Å²) in [6.07, 6.45) is 1.12. The minimum Gasteiger partial charge on any atom is -0.497 e. The number of piperidine rings is 1. The van der Waals surface area contributed by atoms with Gasteiger partial charge in [-0.15, -0.1) is 11.3 Å². The normalized spacial score (nSPS) is 15.4. The molecular formula is C21H20Cl2N2O3S2. The van der Waals surface area contributed by atoms with Crippen LogP contribution in [0.3, 0.4) is 0 Å². The van der Waals surface area contributed by atoms with Gasteiger partial charge in [0, 0.05) is 34.1 Å². The van der Waals surface area contributed by atoms with E-state index in [1.54, 1.807) is 37.4 Å². The lowest BCUT2D eigenvalue weighted by atomic mass is 10.1. The average Bonchev–Trinajstić information content (AvgIpc) is 3.23. The van der Waals surface area contributed by atoms with Gasteiger partial charge in [0.15, 0.2) is 15.0 Å². The van der Waals surface area contributed by atoms with Crippen LogP contribution in [0.4, 0.5) is 5.13 Å². The van der Waals surface area contributed by atoms with Crippen molar-refractivity contribution in [1.29, 1.82) is 0 Å². The average molecular weight is 483 g/mol. The van der Waals surface area contributed by atoms with Gasteiger partial charge in [-0.2, -0.15) is 0 Å². The number of nitrogens with zero attached hydrogens (tertiary/aromatic N) is 2. The topological polar surface area (TPSA) is 59.5 Å². The summed E-state index contributed by atoms with van der Waals surface area (Å²) in [4.78, 5) is 7.20. The van der Waals surface area contributed by atoms with Gasteiger partial charge < -0.3 is 9.64 Å². The second kappa shape index (κ2) is 8.75. The van der Waals surface area contributed by atoms with Crippen LogP contribution in [0.15, 0.2) is 52.7 Å². The lowest BCUT2D eigenvalue weighted by molar-refractivity contribution is 0.414. The fraction of sp³-hybridized carbons (Fsp3) is 0.286. The van der Waals surface area contributed by atoms with E-state index in [2.05, 4.69) is 4.90 Å². The number of hydrogen-bond acceptors (Lipinski definition) is 6.